The summed E-state index contributed by atoms with van der Waals surface area (Å²) in [7, 11) is 3.23. The number of rotatable bonds is 5. The molecule has 0 unspecified atom stereocenters. The van der Waals surface area contributed by atoms with Crippen LogP contribution in [0, 0.1) is 5.41 Å². The highest BCUT2D eigenvalue weighted by Crippen LogP contribution is 2.47. The van der Waals surface area contributed by atoms with Gasteiger partial charge in [0.15, 0.2) is 11.6 Å². The van der Waals surface area contributed by atoms with Gasteiger partial charge >= 0.3 is 0 Å². The van der Waals surface area contributed by atoms with Gasteiger partial charge in [-0.2, -0.15) is 0 Å². The standard InChI is InChI=1S/C30H30N2O4/c1-30(2)16-24-27(25(33)17-30)28(21-12-11-20(35-3)15-26(21)36-4)32-22-13-10-19(14-23(22)31-24)29(34)18-8-6-5-7-9-18/h5-15,28,31-32H,16-17H2,1-4H3/t28-/m1/s1. The Morgan fingerprint density at radius 3 is 2.39 bits per heavy atom. The van der Waals surface area contributed by atoms with Gasteiger partial charge in [0.2, 0.25) is 0 Å². The fourth-order valence-electron chi connectivity index (χ4n) is 5.13. The summed E-state index contributed by atoms with van der Waals surface area (Å²) < 4.78 is 11.1. The molecule has 0 amide bonds. The Hall–Kier alpha value is -4.06. The minimum atomic E-state index is -0.422. The van der Waals surface area contributed by atoms with Gasteiger partial charge in [0.1, 0.15) is 11.5 Å². The number of carbonyl (C=O) groups is 2. The number of anilines is 2. The minimum absolute atomic E-state index is 0.0490. The second-order valence-electron chi connectivity index (χ2n) is 10.1. The molecule has 184 valence electrons. The molecule has 1 heterocycles. The Kier molecular flexibility index (Phi) is 6.04. The smallest absolute Gasteiger partial charge is 0.193 e. The number of fused-ring (bicyclic) bond motifs is 1. The van der Waals surface area contributed by atoms with Crippen molar-refractivity contribution in [2.45, 2.75) is 32.7 Å². The van der Waals surface area contributed by atoms with Crippen LogP contribution in [-0.2, 0) is 4.79 Å². The van der Waals surface area contributed by atoms with Gasteiger partial charge < -0.3 is 20.1 Å². The van der Waals surface area contributed by atoms with E-state index in [0.717, 1.165) is 22.6 Å². The van der Waals surface area contributed by atoms with Crippen molar-refractivity contribution in [2.75, 3.05) is 24.9 Å². The summed E-state index contributed by atoms with van der Waals surface area (Å²) in [5.74, 6) is 1.36. The molecule has 3 aromatic rings. The second-order valence-corrected chi connectivity index (χ2v) is 10.1. The van der Waals surface area contributed by atoms with Crippen molar-refractivity contribution in [3.63, 3.8) is 0 Å². The lowest BCUT2D eigenvalue weighted by atomic mass is 9.73. The van der Waals surface area contributed by atoms with Crippen LogP contribution in [-0.4, -0.2) is 25.8 Å². The number of hydrogen-bond acceptors (Lipinski definition) is 6. The van der Waals surface area contributed by atoms with E-state index in [2.05, 4.69) is 24.5 Å². The number of carbonyl (C=O) groups excluding carboxylic acids is 2. The van der Waals surface area contributed by atoms with E-state index in [1.165, 1.54) is 0 Å². The number of hydrogen-bond donors (Lipinski definition) is 2. The molecule has 36 heavy (non-hydrogen) atoms. The number of benzene rings is 3. The predicted molar refractivity (Wildman–Crippen MR) is 141 cm³/mol. The Labute approximate surface area is 211 Å². The molecule has 2 N–H and O–H groups in total. The Balaban J connectivity index is 1.63. The molecule has 5 rings (SSSR count). The Morgan fingerprint density at radius 1 is 0.889 bits per heavy atom. The van der Waals surface area contributed by atoms with Crippen molar-refractivity contribution in [1.29, 1.82) is 0 Å². The van der Waals surface area contributed by atoms with Gasteiger partial charge in [-0.1, -0.05) is 44.2 Å². The third-order valence-electron chi connectivity index (χ3n) is 6.86. The molecule has 0 bridgehead atoms. The molecule has 1 aliphatic carbocycles. The number of methoxy groups -OCH3 is 2. The first-order chi connectivity index (χ1) is 17.3. The number of ether oxygens (including phenoxy) is 2. The van der Waals surface area contributed by atoms with Gasteiger partial charge in [-0.25, -0.2) is 0 Å². The number of Topliss-reactive ketones (excluding diaryl/α,β-unsaturated/α-hetero) is 1. The van der Waals surface area contributed by atoms with Crippen LogP contribution in [0.4, 0.5) is 11.4 Å². The van der Waals surface area contributed by atoms with Crippen LogP contribution in [0.2, 0.25) is 0 Å². The third kappa shape index (κ3) is 4.35. The lowest BCUT2D eigenvalue weighted by molar-refractivity contribution is -0.118. The van der Waals surface area contributed by atoms with Crippen LogP contribution in [0.1, 0.15) is 54.2 Å². The molecule has 0 saturated carbocycles. The normalized spacial score (nSPS) is 18.2. The number of allylic oxidation sites excluding steroid dienone is 1. The molecule has 0 radical (unpaired) electrons. The van der Waals surface area contributed by atoms with E-state index in [0.29, 0.717) is 41.0 Å². The van der Waals surface area contributed by atoms with Gasteiger partial charge in [-0.15, -0.1) is 0 Å². The van der Waals surface area contributed by atoms with Gasteiger partial charge in [0, 0.05) is 40.4 Å². The molecule has 2 aliphatic rings. The van der Waals surface area contributed by atoms with Crippen molar-refractivity contribution >= 4 is 22.9 Å². The summed E-state index contributed by atoms with van der Waals surface area (Å²) in [5, 5.41) is 7.11. The maximum Gasteiger partial charge on any atom is 0.193 e. The van der Waals surface area contributed by atoms with E-state index in [4.69, 9.17) is 9.47 Å². The van der Waals surface area contributed by atoms with E-state index in [1.807, 2.05) is 66.7 Å². The summed E-state index contributed by atoms with van der Waals surface area (Å²) >= 11 is 0. The molecular formula is C30H30N2O4. The highest BCUT2D eigenvalue weighted by Gasteiger charge is 2.39. The fraction of sp³-hybridized carbons (Fsp3) is 0.267. The molecule has 0 spiro atoms. The van der Waals surface area contributed by atoms with Gasteiger partial charge in [0.25, 0.3) is 0 Å². The van der Waals surface area contributed by atoms with E-state index < -0.39 is 6.04 Å². The monoisotopic (exact) mass is 482 g/mol. The zero-order valence-electron chi connectivity index (χ0n) is 21.0. The van der Waals surface area contributed by atoms with Crippen LogP contribution in [0.15, 0.2) is 78.0 Å². The van der Waals surface area contributed by atoms with Crippen LogP contribution < -0.4 is 20.1 Å². The molecule has 1 aliphatic heterocycles. The SMILES string of the molecule is COc1ccc([C@H]2Nc3ccc(C(=O)c4ccccc4)cc3NC3=C2C(=O)CC(C)(C)C3)c(OC)c1. The highest BCUT2D eigenvalue weighted by atomic mass is 16.5. The van der Waals surface area contributed by atoms with Crippen LogP contribution in [0.25, 0.3) is 0 Å². The van der Waals surface area contributed by atoms with E-state index >= 15 is 0 Å². The molecule has 1 atom stereocenters. The van der Waals surface area contributed by atoms with Crippen LogP contribution >= 0.6 is 0 Å². The first-order valence-electron chi connectivity index (χ1n) is 12.0. The lowest BCUT2D eigenvalue weighted by Gasteiger charge is -2.34. The summed E-state index contributed by atoms with van der Waals surface area (Å²) in [6.07, 6.45) is 1.17. The van der Waals surface area contributed by atoms with Gasteiger partial charge in [-0.3, -0.25) is 9.59 Å². The zero-order chi connectivity index (χ0) is 25.4. The van der Waals surface area contributed by atoms with Crippen molar-refractivity contribution in [3.05, 3.63) is 94.7 Å². The molecule has 6 heteroatoms. The highest BCUT2D eigenvalue weighted by molar-refractivity contribution is 6.10. The zero-order valence-corrected chi connectivity index (χ0v) is 21.0. The molecule has 0 aromatic heterocycles. The quantitative estimate of drug-likeness (QED) is 0.425. The average molecular weight is 483 g/mol. The van der Waals surface area contributed by atoms with Crippen molar-refractivity contribution in [3.8, 4) is 11.5 Å². The Bertz CT molecular complexity index is 1370. The summed E-state index contributed by atoms with van der Waals surface area (Å²) in [6, 6.07) is 20.0. The first kappa shape index (κ1) is 23.7. The van der Waals surface area contributed by atoms with Crippen LogP contribution in [0.5, 0.6) is 11.5 Å². The maximum atomic E-state index is 13.6. The summed E-state index contributed by atoms with van der Waals surface area (Å²) in [5.41, 5.74) is 5.02. The second kappa shape index (κ2) is 9.19. The van der Waals surface area contributed by atoms with Gasteiger partial charge in [-0.05, 0) is 42.2 Å². The van der Waals surface area contributed by atoms with Crippen molar-refractivity contribution in [2.24, 2.45) is 5.41 Å². The van der Waals surface area contributed by atoms with Crippen molar-refractivity contribution < 1.29 is 19.1 Å². The third-order valence-corrected chi connectivity index (χ3v) is 6.86. The number of ketones is 2. The lowest BCUT2D eigenvalue weighted by Crippen LogP contribution is -2.31. The molecule has 0 saturated heterocycles. The Morgan fingerprint density at radius 2 is 1.67 bits per heavy atom. The van der Waals surface area contributed by atoms with E-state index in [-0.39, 0.29) is 17.0 Å². The largest absolute Gasteiger partial charge is 0.497 e. The van der Waals surface area contributed by atoms with Crippen molar-refractivity contribution in [1.82, 2.24) is 0 Å². The minimum Gasteiger partial charge on any atom is -0.497 e. The summed E-state index contributed by atoms with van der Waals surface area (Å²) in [6.45, 7) is 4.21. The average Bonchev–Trinajstić information content (AvgIpc) is 3.03. The van der Waals surface area contributed by atoms with E-state index in [9.17, 15) is 9.59 Å². The summed E-state index contributed by atoms with van der Waals surface area (Å²) in [4.78, 5) is 26.7. The molecule has 3 aromatic carbocycles. The van der Waals surface area contributed by atoms with Gasteiger partial charge in [0.05, 0.1) is 31.6 Å². The van der Waals surface area contributed by atoms with E-state index in [1.54, 1.807) is 14.2 Å². The molecule has 6 nitrogen and oxygen atoms in total. The maximum absolute atomic E-state index is 13.6. The number of nitrogens with one attached hydrogen (secondary N) is 2. The van der Waals surface area contributed by atoms with Crippen LogP contribution in [0.3, 0.4) is 0 Å². The fourth-order valence-corrected chi connectivity index (χ4v) is 5.13. The topological polar surface area (TPSA) is 76.7 Å². The first-order valence-corrected chi connectivity index (χ1v) is 12.0. The molecular weight excluding hydrogens is 452 g/mol. The molecule has 0 fully saturated rings. The predicted octanol–water partition coefficient (Wildman–Crippen LogP) is 6.16.